The third-order valence-corrected chi connectivity index (χ3v) is 4.49. The molecule has 0 atom stereocenters. The summed E-state index contributed by atoms with van der Waals surface area (Å²) in [7, 11) is 0. The van der Waals surface area contributed by atoms with Gasteiger partial charge in [-0.1, -0.05) is 31.9 Å². The van der Waals surface area contributed by atoms with E-state index >= 15 is 0 Å². The Kier molecular flexibility index (Phi) is 6.71. The van der Waals surface area contributed by atoms with Crippen LogP contribution in [-0.2, 0) is 13.0 Å². The zero-order valence-corrected chi connectivity index (χ0v) is 15.4. The third kappa shape index (κ3) is 5.44. The van der Waals surface area contributed by atoms with Gasteiger partial charge >= 0.3 is 0 Å². The molecule has 1 aromatic heterocycles. The molecule has 2 rings (SSSR count). The van der Waals surface area contributed by atoms with E-state index in [1.54, 1.807) is 0 Å². The molecule has 21 heavy (non-hydrogen) atoms. The maximum absolute atomic E-state index is 4.40. The van der Waals surface area contributed by atoms with Crippen molar-refractivity contribution in [3.63, 3.8) is 0 Å². The predicted octanol–water partition coefficient (Wildman–Crippen LogP) is 5.95. The molecular formula is C17H20Br2N2. The quantitative estimate of drug-likeness (QED) is 0.569. The maximum atomic E-state index is 4.40. The fraction of sp³-hybridized carbons (Fsp3) is 0.353. The summed E-state index contributed by atoms with van der Waals surface area (Å²) in [4.78, 5) is 4.40. The van der Waals surface area contributed by atoms with E-state index in [0.717, 1.165) is 20.3 Å². The summed E-state index contributed by atoms with van der Waals surface area (Å²) >= 11 is 6.95. The van der Waals surface area contributed by atoms with E-state index < -0.39 is 0 Å². The van der Waals surface area contributed by atoms with E-state index in [2.05, 4.69) is 73.3 Å². The van der Waals surface area contributed by atoms with Crippen molar-refractivity contribution in [3.05, 3.63) is 56.7 Å². The molecule has 0 radical (unpaired) electrons. The van der Waals surface area contributed by atoms with Gasteiger partial charge in [-0.3, -0.25) is 4.98 Å². The molecule has 0 aliphatic heterocycles. The van der Waals surface area contributed by atoms with E-state index in [-0.39, 0.29) is 0 Å². The monoisotopic (exact) mass is 410 g/mol. The molecule has 0 bridgehead atoms. The van der Waals surface area contributed by atoms with Gasteiger partial charge < -0.3 is 5.32 Å². The highest BCUT2D eigenvalue weighted by Crippen LogP contribution is 2.21. The van der Waals surface area contributed by atoms with Gasteiger partial charge in [0.15, 0.2) is 0 Å². The molecule has 1 heterocycles. The van der Waals surface area contributed by atoms with Crippen molar-refractivity contribution < 1.29 is 0 Å². The highest BCUT2D eigenvalue weighted by molar-refractivity contribution is 9.11. The first-order valence-electron chi connectivity index (χ1n) is 7.31. The molecule has 112 valence electrons. The Bertz CT molecular complexity index is 568. The number of nitrogens with one attached hydrogen (secondary N) is 1. The maximum Gasteiger partial charge on any atom is 0.0737 e. The lowest BCUT2D eigenvalue weighted by Crippen LogP contribution is -2.02. The summed E-state index contributed by atoms with van der Waals surface area (Å²) in [6.07, 6.45) is 6.85. The molecule has 2 aromatic rings. The van der Waals surface area contributed by atoms with Crippen LogP contribution in [0.15, 0.2) is 45.5 Å². The van der Waals surface area contributed by atoms with Crippen LogP contribution < -0.4 is 5.32 Å². The molecule has 2 nitrogen and oxygen atoms in total. The molecule has 0 spiro atoms. The number of hydrogen-bond acceptors (Lipinski definition) is 2. The van der Waals surface area contributed by atoms with Crippen LogP contribution in [0, 0.1) is 0 Å². The minimum absolute atomic E-state index is 0.711. The van der Waals surface area contributed by atoms with Crippen LogP contribution in [0.2, 0.25) is 0 Å². The summed E-state index contributed by atoms with van der Waals surface area (Å²) in [6.45, 7) is 2.95. The Morgan fingerprint density at radius 2 is 1.86 bits per heavy atom. The van der Waals surface area contributed by atoms with Crippen LogP contribution >= 0.6 is 31.9 Å². The van der Waals surface area contributed by atoms with Crippen LogP contribution in [-0.4, -0.2) is 4.98 Å². The molecule has 0 aliphatic carbocycles. The Morgan fingerprint density at radius 1 is 1.10 bits per heavy atom. The first-order chi connectivity index (χ1) is 10.2. The molecule has 0 unspecified atom stereocenters. The van der Waals surface area contributed by atoms with Crippen molar-refractivity contribution in [1.29, 1.82) is 0 Å². The second-order valence-corrected chi connectivity index (χ2v) is 6.86. The van der Waals surface area contributed by atoms with Crippen LogP contribution in [0.25, 0.3) is 0 Å². The van der Waals surface area contributed by atoms with Gasteiger partial charge in [0.25, 0.3) is 0 Å². The van der Waals surface area contributed by atoms with Gasteiger partial charge in [-0.25, -0.2) is 0 Å². The van der Waals surface area contributed by atoms with E-state index in [0.29, 0.717) is 6.54 Å². The number of pyridine rings is 1. The number of hydrogen-bond donors (Lipinski definition) is 1. The van der Waals surface area contributed by atoms with E-state index in [1.165, 1.54) is 31.2 Å². The first-order valence-corrected chi connectivity index (χ1v) is 8.90. The fourth-order valence-corrected chi connectivity index (χ4v) is 3.25. The average Bonchev–Trinajstić information content (AvgIpc) is 2.48. The molecule has 0 saturated carbocycles. The van der Waals surface area contributed by atoms with Gasteiger partial charge in [0.05, 0.1) is 12.2 Å². The van der Waals surface area contributed by atoms with E-state index in [1.807, 2.05) is 12.3 Å². The summed E-state index contributed by atoms with van der Waals surface area (Å²) in [5.74, 6) is 0. The fourth-order valence-electron chi connectivity index (χ4n) is 2.13. The van der Waals surface area contributed by atoms with Crippen molar-refractivity contribution in [1.82, 2.24) is 4.98 Å². The minimum atomic E-state index is 0.711. The summed E-state index contributed by atoms with van der Waals surface area (Å²) in [5, 5.41) is 3.41. The zero-order valence-electron chi connectivity index (χ0n) is 12.2. The highest BCUT2D eigenvalue weighted by atomic mass is 79.9. The largest absolute Gasteiger partial charge is 0.379 e. The number of rotatable bonds is 7. The lowest BCUT2D eigenvalue weighted by atomic mass is 10.1. The standard InChI is InChI=1S/C17H20Br2N2/c1-2-3-4-5-13-6-8-15(9-7-13)20-12-17-16(19)10-14(18)11-21-17/h6-11,20H,2-5,12H2,1H3. The molecular weight excluding hydrogens is 392 g/mol. The second kappa shape index (κ2) is 8.54. The lowest BCUT2D eigenvalue weighted by Gasteiger charge is -2.09. The Hall–Kier alpha value is -0.870. The summed E-state index contributed by atoms with van der Waals surface area (Å²) in [5.41, 5.74) is 3.55. The topological polar surface area (TPSA) is 24.9 Å². The molecule has 1 N–H and O–H groups in total. The Morgan fingerprint density at radius 3 is 2.52 bits per heavy atom. The average molecular weight is 412 g/mol. The molecule has 0 aliphatic rings. The number of benzene rings is 1. The molecule has 0 saturated heterocycles. The smallest absolute Gasteiger partial charge is 0.0737 e. The number of nitrogens with zero attached hydrogens (tertiary/aromatic N) is 1. The Labute approximate surface area is 143 Å². The molecule has 4 heteroatoms. The number of aromatic nitrogens is 1. The summed E-state index contributed by atoms with van der Waals surface area (Å²) in [6, 6.07) is 10.7. The third-order valence-electron chi connectivity index (χ3n) is 3.37. The van der Waals surface area contributed by atoms with Crippen molar-refractivity contribution in [3.8, 4) is 0 Å². The van der Waals surface area contributed by atoms with E-state index in [4.69, 9.17) is 0 Å². The molecule has 0 amide bonds. The van der Waals surface area contributed by atoms with Gasteiger partial charge in [-0.2, -0.15) is 0 Å². The Balaban J connectivity index is 1.88. The molecule has 1 aromatic carbocycles. The van der Waals surface area contributed by atoms with Crippen molar-refractivity contribution >= 4 is 37.5 Å². The highest BCUT2D eigenvalue weighted by Gasteiger charge is 2.02. The van der Waals surface area contributed by atoms with Gasteiger partial charge in [0, 0.05) is 20.8 Å². The van der Waals surface area contributed by atoms with Gasteiger partial charge in [-0.05, 0) is 68.5 Å². The van der Waals surface area contributed by atoms with Crippen LogP contribution in [0.4, 0.5) is 5.69 Å². The summed E-state index contributed by atoms with van der Waals surface area (Å²) < 4.78 is 2.00. The predicted molar refractivity (Wildman–Crippen MR) is 96.6 cm³/mol. The van der Waals surface area contributed by atoms with E-state index in [9.17, 15) is 0 Å². The van der Waals surface area contributed by atoms with Crippen LogP contribution in [0.3, 0.4) is 0 Å². The first kappa shape index (κ1) is 16.5. The van der Waals surface area contributed by atoms with Gasteiger partial charge in [-0.15, -0.1) is 0 Å². The van der Waals surface area contributed by atoms with Crippen molar-refractivity contribution in [2.45, 2.75) is 39.2 Å². The number of aryl methyl sites for hydroxylation is 1. The normalized spacial score (nSPS) is 10.6. The second-order valence-electron chi connectivity index (χ2n) is 5.09. The SMILES string of the molecule is CCCCCc1ccc(NCc2ncc(Br)cc2Br)cc1. The van der Waals surface area contributed by atoms with Crippen molar-refractivity contribution in [2.75, 3.05) is 5.32 Å². The number of unbranched alkanes of at least 4 members (excludes halogenated alkanes) is 2. The zero-order chi connectivity index (χ0) is 15.1. The number of halogens is 2. The van der Waals surface area contributed by atoms with Gasteiger partial charge in [0.2, 0.25) is 0 Å². The van der Waals surface area contributed by atoms with Crippen LogP contribution in [0.1, 0.15) is 37.4 Å². The van der Waals surface area contributed by atoms with Crippen LogP contribution in [0.5, 0.6) is 0 Å². The molecule has 0 fully saturated rings. The van der Waals surface area contributed by atoms with Gasteiger partial charge in [0.1, 0.15) is 0 Å². The lowest BCUT2D eigenvalue weighted by molar-refractivity contribution is 0.717. The number of anilines is 1. The minimum Gasteiger partial charge on any atom is -0.379 e. The van der Waals surface area contributed by atoms with Crippen molar-refractivity contribution in [2.24, 2.45) is 0 Å².